The number of hydrogen-bond donors (Lipinski definition) is 0. The molecule has 6 heteroatoms. The second-order valence-electron chi connectivity index (χ2n) is 12.3. The monoisotopic (exact) mass is 619 g/mol. The Bertz CT molecular complexity index is 1110. The van der Waals surface area contributed by atoms with Gasteiger partial charge in [0.2, 0.25) is 0 Å². The average Bonchev–Trinajstić information content (AvgIpc) is 2.78. The molecule has 0 atom stereocenters. The van der Waals surface area contributed by atoms with Crippen LogP contribution in [-0.2, 0) is 9.59 Å². The van der Waals surface area contributed by atoms with Crippen LogP contribution in [0.1, 0.15) is 98.5 Å². The van der Waals surface area contributed by atoms with E-state index in [0.29, 0.717) is 31.8 Å². The van der Waals surface area contributed by atoms with Crippen LogP contribution in [-0.4, -0.2) is 36.2 Å². The van der Waals surface area contributed by atoms with Crippen LogP contribution in [0.3, 0.4) is 0 Å². The molecule has 4 rings (SSSR count). The number of ether oxygens (including phenoxy) is 2. The van der Waals surface area contributed by atoms with Crippen molar-refractivity contribution >= 4 is 34.2 Å². The zero-order chi connectivity index (χ0) is 27.1. The quantitative estimate of drug-likeness (QED) is 0.281. The summed E-state index contributed by atoms with van der Waals surface area (Å²) in [5, 5.41) is 0. The Balaban J connectivity index is 1.98. The Labute approximate surface area is 236 Å². The van der Waals surface area contributed by atoms with E-state index in [2.05, 4.69) is 75.1 Å². The van der Waals surface area contributed by atoms with Crippen LogP contribution in [0.5, 0.6) is 11.5 Å². The number of benzene rings is 1. The first kappa shape index (κ1) is 28.2. The molecule has 1 aliphatic heterocycles. The minimum Gasteiger partial charge on any atom is -0.490 e. The second kappa shape index (κ2) is 10.7. The Morgan fingerprint density at radius 1 is 0.865 bits per heavy atom. The summed E-state index contributed by atoms with van der Waals surface area (Å²) in [6, 6.07) is 4.12. The number of ketones is 2. The summed E-state index contributed by atoms with van der Waals surface area (Å²) >= 11 is 2.30. The molecule has 0 amide bonds. The summed E-state index contributed by atoms with van der Waals surface area (Å²) in [7, 11) is 0. The molecule has 2 aliphatic carbocycles. The summed E-state index contributed by atoms with van der Waals surface area (Å²) in [4.78, 5) is 30.2. The Morgan fingerprint density at radius 3 is 1.92 bits per heavy atom. The van der Waals surface area contributed by atoms with Crippen LogP contribution in [0.15, 0.2) is 34.7 Å². The first-order valence-electron chi connectivity index (χ1n) is 13.8. The summed E-state index contributed by atoms with van der Waals surface area (Å²) in [6.07, 6.45) is 4.53. The molecule has 0 saturated carbocycles. The molecule has 202 valence electrons. The summed E-state index contributed by atoms with van der Waals surface area (Å²) < 4.78 is 13.1. The zero-order valence-corrected chi connectivity index (χ0v) is 25.7. The number of rotatable bonds is 8. The minimum absolute atomic E-state index is 0.110. The zero-order valence-electron chi connectivity index (χ0n) is 23.6. The highest BCUT2D eigenvalue weighted by Gasteiger charge is 2.49. The van der Waals surface area contributed by atoms with Crippen molar-refractivity contribution in [2.45, 2.75) is 92.9 Å². The molecule has 5 nitrogen and oxygen atoms in total. The third-order valence-electron chi connectivity index (χ3n) is 7.58. The number of Topliss-reactive ketones (excluding diaryl/α,β-unsaturated/α-hetero) is 2. The van der Waals surface area contributed by atoms with E-state index in [1.807, 2.05) is 13.0 Å². The Hall–Kier alpha value is -1.83. The van der Waals surface area contributed by atoms with Gasteiger partial charge in [-0.05, 0) is 83.7 Å². The van der Waals surface area contributed by atoms with Gasteiger partial charge in [0, 0.05) is 47.8 Å². The highest BCUT2D eigenvalue weighted by molar-refractivity contribution is 14.1. The van der Waals surface area contributed by atoms with E-state index in [4.69, 9.17) is 9.47 Å². The van der Waals surface area contributed by atoms with Gasteiger partial charge in [-0.3, -0.25) is 9.59 Å². The van der Waals surface area contributed by atoms with Crippen molar-refractivity contribution < 1.29 is 19.1 Å². The maximum Gasteiger partial charge on any atom is 0.174 e. The molecule has 37 heavy (non-hydrogen) atoms. The number of hydrogen-bond acceptors (Lipinski definition) is 5. The van der Waals surface area contributed by atoms with Crippen molar-refractivity contribution in [3.8, 4) is 11.5 Å². The third kappa shape index (κ3) is 5.50. The molecule has 0 bridgehead atoms. The molecule has 0 spiro atoms. The maximum atomic E-state index is 13.9. The lowest BCUT2D eigenvalue weighted by molar-refractivity contribution is -0.119. The van der Waals surface area contributed by atoms with E-state index in [1.54, 1.807) is 0 Å². The van der Waals surface area contributed by atoms with Crippen molar-refractivity contribution in [2.75, 3.05) is 19.8 Å². The lowest BCUT2D eigenvalue weighted by Gasteiger charge is -2.49. The molecular formula is C31H42INO4. The molecule has 0 fully saturated rings. The fraction of sp³-hybridized carbons (Fsp3) is 0.613. The van der Waals surface area contributed by atoms with Gasteiger partial charge in [-0.2, -0.15) is 0 Å². The topological polar surface area (TPSA) is 55.8 Å². The van der Waals surface area contributed by atoms with Gasteiger partial charge >= 0.3 is 0 Å². The Kier molecular flexibility index (Phi) is 8.18. The third-order valence-corrected chi connectivity index (χ3v) is 8.39. The summed E-state index contributed by atoms with van der Waals surface area (Å²) in [5.74, 6) is 1.40. The molecule has 1 heterocycles. The van der Waals surface area contributed by atoms with Gasteiger partial charge in [-0.25, -0.2) is 0 Å². The van der Waals surface area contributed by atoms with Gasteiger partial charge in [-0.1, -0.05) is 41.5 Å². The van der Waals surface area contributed by atoms with Crippen molar-refractivity contribution in [1.82, 2.24) is 4.90 Å². The summed E-state index contributed by atoms with van der Waals surface area (Å²) in [6.45, 7) is 16.9. The Morgan fingerprint density at radius 2 is 1.43 bits per heavy atom. The lowest BCUT2D eigenvalue weighted by Crippen LogP contribution is -2.44. The van der Waals surface area contributed by atoms with Gasteiger partial charge < -0.3 is 14.4 Å². The van der Waals surface area contributed by atoms with E-state index in [9.17, 15) is 9.59 Å². The largest absolute Gasteiger partial charge is 0.490 e. The van der Waals surface area contributed by atoms with E-state index >= 15 is 0 Å². The van der Waals surface area contributed by atoms with Crippen LogP contribution in [0.25, 0.3) is 0 Å². The van der Waals surface area contributed by atoms with Crippen molar-refractivity contribution in [3.63, 3.8) is 0 Å². The van der Waals surface area contributed by atoms with Gasteiger partial charge in [0.25, 0.3) is 0 Å². The van der Waals surface area contributed by atoms with Gasteiger partial charge in [0.15, 0.2) is 23.1 Å². The SMILES string of the molecule is CCCOc1c(I)cc(C2C3=C(CC(C)(C)CC3=O)N(CCC)C3=C2C(=O)CC(C)(C)C3)cc1OCC. The summed E-state index contributed by atoms with van der Waals surface area (Å²) in [5.41, 5.74) is 4.62. The second-order valence-corrected chi connectivity index (χ2v) is 13.5. The predicted octanol–water partition coefficient (Wildman–Crippen LogP) is 7.57. The van der Waals surface area contributed by atoms with Crippen LogP contribution in [0, 0.1) is 14.4 Å². The fourth-order valence-corrected chi connectivity index (χ4v) is 7.02. The molecular weight excluding hydrogens is 577 g/mol. The van der Waals surface area contributed by atoms with E-state index in [-0.39, 0.29) is 28.3 Å². The number of nitrogens with zero attached hydrogens (tertiary/aromatic N) is 1. The molecule has 0 aromatic heterocycles. The average molecular weight is 620 g/mol. The first-order chi connectivity index (χ1) is 17.4. The fourth-order valence-electron chi connectivity index (χ4n) is 6.24. The predicted molar refractivity (Wildman–Crippen MR) is 156 cm³/mol. The van der Waals surface area contributed by atoms with E-state index in [1.165, 1.54) is 0 Å². The van der Waals surface area contributed by atoms with Crippen LogP contribution in [0.4, 0.5) is 0 Å². The van der Waals surface area contributed by atoms with Gasteiger partial charge in [-0.15, -0.1) is 0 Å². The highest BCUT2D eigenvalue weighted by Crippen LogP contribution is 2.55. The number of halogens is 1. The molecule has 0 unspecified atom stereocenters. The molecule has 0 radical (unpaired) electrons. The van der Waals surface area contributed by atoms with Crippen LogP contribution >= 0.6 is 22.6 Å². The molecule has 0 N–H and O–H groups in total. The van der Waals surface area contributed by atoms with Gasteiger partial charge in [0.1, 0.15) is 0 Å². The van der Waals surface area contributed by atoms with Crippen molar-refractivity contribution in [3.05, 3.63) is 43.8 Å². The van der Waals surface area contributed by atoms with Crippen LogP contribution < -0.4 is 9.47 Å². The van der Waals surface area contributed by atoms with Crippen LogP contribution in [0.2, 0.25) is 0 Å². The number of carbonyl (C=O) groups is 2. The van der Waals surface area contributed by atoms with Gasteiger partial charge in [0.05, 0.1) is 16.8 Å². The molecule has 0 saturated heterocycles. The normalized spacial score (nSPS) is 21.2. The van der Waals surface area contributed by atoms with E-state index in [0.717, 1.165) is 69.7 Å². The first-order valence-corrected chi connectivity index (χ1v) is 14.9. The number of carbonyl (C=O) groups excluding carboxylic acids is 2. The molecule has 3 aliphatic rings. The van der Waals surface area contributed by atoms with E-state index < -0.39 is 0 Å². The minimum atomic E-state index is -0.363. The molecule has 1 aromatic carbocycles. The van der Waals surface area contributed by atoms with Crippen molar-refractivity contribution in [1.29, 1.82) is 0 Å². The smallest absolute Gasteiger partial charge is 0.174 e. The van der Waals surface area contributed by atoms with Crippen molar-refractivity contribution in [2.24, 2.45) is 10.8 Å². The lowest BCUT2D eigenvalue weighted by atomic mass is 9.63. The molecule has 1 aromatic rings. The standard InChI is InChI=1S/C31H42INO4/c1-8-11-33-21-15-30(4,5)17-23(34)27(21)26(28-22(33)16-31(6,7)18-24(28)35)19-13-20(32)29(37-12-9-2)25(14-19)36-10-3/h13-14,26H,8-12,15-18H2,1-7H3. The highest BCUT2D eigenvalue weighted by atomic mass is 127. The maximum absolute atomic E-state index is 13.9. The number of allylic oxidation sites excluding steroid dienone is 4.